The third kappa shape index (κ3) is 3.34. The summed E-state index contributed by atoms with van der Waals surface area (Å²) < 4.78 is 1.81. The van der Waals surface area contributed by atoms with Gasteiger partial charge in [0.25, 0.3) is 0 Å². The van der Waals surface area contributed by atoms with E-state index in [9.17, 15) is 4.79 Å². The highest BCUT2D eigenvalue weighted by Crippen LogP contribution is 2.24. The van der Waals surface area contributed by atoms with Crippen molar-refractivity contribution in [2.75, 3.05) is 24.5 Å². The molecule has 1 N–H and O–H groups in total. The van der Waals surface area contributed by atoms with Crippen LogP contribution >= 0.6 is 11.3 Å². The van der Waals surface area contributed by atoms with E-state index in [1.165, 1.54) is 0 Å². The van der Waals surface area contributed by atoms with Gasteiger partial charge in [-0.3, -0.25) is 4.79 Å². The molecule has 1 saturated heterocycles. The number of rotatable bonds is 4. The molecule has 1 aliphatic heterocycles. The number of nitrogens with zero attached hydrogens (tertiary/aromatic N) is 5. The molecular weight excluding hydrogens is 336 g/mol. The van der Waals surface area contributed by atoms with Gasteiger partial charge in [0.05, 0.1) is 0 Å². The van der Waals surface area contributed by atoms with E-state index in [1.807, 2.05) is 28.1 Å². The highest BCUT2D eigenvalue weighted by Gasteiger charge is 2.22. The van der Waals surface area contributed by atoms with E-state index in [0.717, 1.165) is 55.3 Å². The Bertz CT molecular complexity index is 875. The SMILES string of the molecule is CC(=O)NCC1CCCN(c2ccc3nnc(-c4ccsc4)n3n2)C1. The summed E-state index contributed by atoms with van der Waals surface area (Å²) in [5.74, 6) is 2.18. The molecule has 3 aromatic rings. The first kappa shape index (κ1) is 16.0. The molecule has 1 amide bonds. The number of hydrogen-bond donors (Lipinski definition) is 1. The summed E-state index contributed by atoms with van der Waals surface area (Å²) in [7, 11) is 0. The molecule has 7 nitrogen and oxygen atoms in total. The average Bonchev–Trinajstić information content (AvgIpc) is 3.28. The van der Waals surface area contributed by atoms with Crippen molar-refractivity contribution in [1.29, 1.82) is 0 Å². The summed E-state index contributed by atoms with van der Waals surface area (Å²) in [5, 5.41) is 20.3. The van der Waals surface area contributed by atoms with Crippen LogP contribution in [0.15, 0.2) is 29.0 Å². The lowest BCUT2D eigenvalue weighted by Crippen LogP contribution is -2.41. The van der Waals surface area contributed by atoms with Crippen molar-refractivity contribution in [3.05, 3.63) is 29.0 Å². The maximum Gasteiger partial charge on any atom is 0.216 e. The first-order valence-corrected chi connectivity index (χ1v) is 9.39. The predicted octanol–water partition coefficient (Wildman–Crippen LogP) is 2.21. The van der Waals surface area contributed by atoms with Gasteiger partial charge in [-0.05, 0) is 42.3 Å². The lowest BCUT2D eigenvalue weighted by molar-refractivity contribution is -0.119. The molecule has 0 aliphatic carbocycles. The van der Waals surface area contributed by atoms with Gasteiger partial charge in [0.1, 0.15) is 5.82 Å². The highest BCUT2D eigenvalue weighted by atomic mass is 32.1. The van der Waals surface area contributed by atoms with Gasteiger partial charge in [-0.15, -0.1) is 15.3 Å². The molecule has 0 bridgehead atoms. The van der Waals surface area contributed by atoms with E-state index in [0.29, 0.717) is 5.92 Å². The Labute approximate surface area is 149 Å². The van der Waals surface area contributed by atoms with Gasteiger partial charge in [0, 0.05) is 37.5 Å². The molecule has 1 fully saturated rings. The molecule has 1 atom stereocenters. The van der Waals surface area contributed by atoms with Gasteiger partial charge in [-0.25, -0.2) is 0 Å². The van der Waals surface area contributed by atoms with E-state index >= 15 is 0 Å². The van der Waals surface area contributed by atoms with Crippen molar-refractivity contribution in [3.63, 3.8) is 0 Å². The Balaban J connectivity index is 1.58. The van der Waals surface area contributed by atoms with Gasteiger partial charge in [-0.1, -0.05) is 0 Å². The summed E-state index contributed by atoms with van der Waals surface area (Å²) in [6.07, 6.45) is 2.23. The maximum absolute atomic E-state index is 11.2. The first-order chi connectivity index (χ1) is 12.2. The van der Waals surface area contributed by atoms with Crippen molar-refractivity contribution in [2.45, 2.75) is 19.8 Å². The minimum atomic E-state index is 0.0292. The molecule has 0 aromatic carbocycles. The van der Waals surface area contributed by atoms with Crippen LogP contribution in [0, 0.1) is 5.92 Å². The largest absolute Gasteiger partial charge is 0.356 e. The maximum atomic E-state index is 11.2. The summed E-state index contributed by atoms with van der Waals surface area (Å²) in [5.41, 5.74) is 1.78. The van der Waals surface area contributed by atoms with Crippen LogP contribution in [0.25, 0.3) is 17.0 Å². The smallest absolute Gasteiger partial charge is 0.216 e. The van der Waals surface area contributed by atoms with Crippen molar-refractivity contribution < 1.29 is 4.79 Å². The van der Waals surface area contributed by atoms with Crippen LogP contribution in [-0.2, 0) is 4.79 Å². The zero-order valence-electron chi connectivity index (χ0n) is 14.1. The van der Waals surface area contributed by atoms with E-state index < -0.39 is 0 Å². The van der Waals surface area contributed by atoms with Crippen LogP contribution in [0.2, 0.25) is 0 Å². The molecule has 1 aliphatic rings. The second-order valence-corrected chi connectivity index (χ2v) is 7.17. The van der Waals surface area contributed by atoms with Crippen molar-refractivity contribution >= 4 is 28.7 Å². The Morgan fingerprint density at radius 2 is 2.28 bits per heavy atom. The third-order valence-electron chi connectivity index (χ3n) is 4.51. The Morgan fingerprint density at radius 1 is 1.36 bits per heavy atom. The average molecular weight is 356 g/mol. The highest BCUT2D eigenvalue weighted by molar-refractivity contribution is 7.08. The normalized spacial score (nSPS) is 17.8. The van der Waals surface area contributed by atoms with Crippen LogP contribution in [0.5, 0.6) is 0 Å². The van der Waals surface area contributed by atoms with Crippen LogP contribution in [-0.4, -0.2) is 45.4 Å². The van der Waals surface area contributed by atoms with Crippen molar-refractivity contribution in [3.8, 4) is 11.4 Å². The fourth-order valence-electron chi connectivity index (χ4n) is 3.25. The summed E-state index contributed by atoms with van der Waals surface area (Å²) in [6, 6.07) is 5.99. The van der Waals surface area contributed by atoms with Gasteiger partial charge < -0.3 is 10.2 Å². The topological polar surface area (TPSA) is 75.4 Å². The Hall–Kier alpha value is -2.48. The fraction of sp³-hybridized carbons (Fsp3) is 0.412. The number of anilines is 1. The fourth-order valence-corrected chi connectivity index (χ4v) is 3.88. The molecule has 0 saturated carbocycles. The lowest BCUT2D eigenvalue weighted by atomic mass is 9.98. The number of carbonyl (C=O) groups is 1. The molecular formula is C17H20N6OS. The third-order valence-corrected chi connectivity index (χ3v) is 5.19. The standard InChI is InChI=1S/C17H20N6OS/c1-12(24)18-9-13-3-2-7-22(10-13)16-5-4-15-19-20-17(23(15)21-16)14-6-8-25-11-14/h4-6,8,11,13H,2-3,7,9-10H2,1H3,(H,18,24). The Morgan fingerprint density at radius 3 is 3.08 bits per heavy atom. The molecule has 25 heavy (non-hydrogen) atoms. The van der Waals surface area contributed by atoms with Crippen molar-refractivity contribution in [2.24, 2.45) is 5.92 Å². The number of nitrogens with one attached hydrogen (secondary N) is 1. The molecule has 4 heterocycles. The monoisotopic (exact) mass is 356 g/mol. The van der Waals surface area contributed by atoms with Gasteiger partial charge in [0.15, 0.2) is 11.5 Å². The van der Waals surface area contributed by atoms with Crippen LogP contribution < -0.4 is 10.2 Å². The van der Waals surface area contributed by atoms with Crippen LogP contribution in [0.3, 0.4) is 0 Å². The van der Waals surface area contributed by atoms with E-state index in [1.54, 1.807) is 18.3 Å². The molecule has 3 aromatic heterocycles. The summed E-state index contributed by atoms with van der Waals surface area (Å²) in [6.45, 7) is 4.16. The van der Waals surface area contributed by atoms with E-state index in [-0.39, 0.29) is 5.91 Å². The second-order valence-electron chi connectivity index (χ2n) is 6.39. The number of aromatic nitrogens is 4. The molecule has 0 radical (unpaired) electrons. The summed E-state index contributed by atoms with van der Waals surface area (Å²) >= 11 is 1.63. The zero-order chi connectivity index (χ0) is 17.2. The molecule has 1 unspecified atom stereocenters. The van der Waals surface area contributed by atoms with Gasteiger partial charge in [0.2, 0.25) is 5.91 Å². The van der Waals surface area contributed by atoms with E-state index in [2.05, 4.69) is 25.8 Å². The molecule has 0 spiro atoms. The predicted molar refractivity (Wildman–Crippen MR) is 97.7 cm³/mol. The minimum absolute atomic E-state index is 0.0292. The van der Waals surface area contributed by atoms with Gasteiger partial charge in [-0.2, -0.15) is 15.9 Å². The molecule has 4 rings (SSSR count). The molecule has 8 heteroatoms. The quantitative estimate of drug-likeness (QED) is 0.776. The second kappa shape index (κ2) is 6.79. The van der Waals surface area contributed by atoms with Crippen LogP contribution in [0.4, 0.5) is 5.82 Å². The van der Waals surface area contributed by atoms with Crippen molar-refractivity contribution in [1.82, 2.24) is 25.1 Å². The number of amides is 1. The number of thiophene rings is 1. The summed E-state index contributed by atoms with van der Waals surface area (Å²) in [4.78, 5) is 13.4. The van der Waals surface area contributed by atoms with E-state index in [4.69, 9.17) is 5.10 Å². The van der Waals surface area contributed by atoms with Crippen LogP contribution in [0.1, 0.15) is 19.8 Å². The zero-order valence-corrected chi connectivity index (χ0v) is 14.9. The lowest BCUT2D eigenvalue weighted by Gasteiger charge is -2.33. The minimum Gasteiger partial charge on any atom is -0.356 e. The molecule has 130 valence electrons. The number of piperidine rings is 1. The van der Waals surface area contributed by atoms with Gasteiger partial charge >= 0.3 is 0 Å². The number of fused-ring (bicyclic) bond motifs is 1. The Kier molecular flexibility index (Phi) is 4.35. The number of carbonyl (C=O) groups excluding carboxylic acids is 1. The number of hydrogen-bond acceptors (Lipinski definition) is 6. The first-order valence-electron chi connectivity index (χ1n) is 8.45.